The van der Waals surface area contributed by atoms with E-state index in [4.69, 9.17) is 9.97 Å². The number of aromatic nitrogens is 2. The monoisotopic (exact) mass is 375 g/mol. The molecule has 1 unspecified atom stereocenters. The number of halogens is 1. The van der Waals surface area contributed by atoms with Gasteiger partial charge in [0, 0.05) is 24.2 Å². The van der Waals surface area contributed by atoms with Gasteiger partial charge in [-0.1, -0.05) is 35.9 Å². The topological polar surface area (TPSA) is 29.0 Å². The minimum absolute atomic E-state index is 0.221. The Kier molecular flexibility index (Phi) is 4.88. The molecule has 4 heteroatoms. The zero-order valence-corrected chi connectivity index (χ0v) is 17.0. The van der Waals surface area contributed by atoms with E-state index < -0.39 is 0 Å². The van der Waals surface area contributed by atoms with Crippen molar-refractivity contribution < 1.29 is 4.39 Å². The summed E-state index contributed by atoms with van der Waals surface area (Å²) < 4.78 is 13.2. The first kappa shape index (κ1) is 18.6. The molecule has 1 aromatic heterocycles. The van der Waals surface area contributed by atoms with Crippen molar-refractivity contribution in [2.24, 2.45) is 0 Å². The van der Waals surface area contributed by atoms with E-state index in [1.807, 2.05) is 6.92 Å². The van der Waals surface area contributed by atoms with Crippen molar-refractivity contribution >= 4 is 5.82 Å². The van der Waals surface area contributed by atoms with E-state index in [0.717, 1.165) is 41.4 Å². The smallest absolute Gasteiger partial charge is 0.136 e. The van der Waals surface area contributed by atoms with Gasteiger partial charge in [0.05, 0.1) is 6.04 Å². The molecular formula is C24H26FN3. The summed E-state index contributed by atoms with van der Waals surface area (Å²) in [4.78, 5) is 12.0. The Morgan fingerprint density at radius 1 is 1.04 bits per heavy atom. The molecule has 1 aliphatic rings. The van der Waals surface area contributed by atoms with Crippen LogP contribution in [-0.2, 0) is 12.8 Å². The maximum Gasteiger partial charge on any atom is 0.136 e. The van der Waals surface area contributed by atoms with Gasteiger partial charge in [0.1, 0.15) is 17.5 Å². The molecule has 1 aliphatic heterocycles. The van der Waals surface area contributed by atoms with Gasteiger partial charge < -0.3 is 4.90 Å². The highest BCUT2D eigenvalue weighted by molar-refractivity contribution is 5.53. The fraction of sp³-hybridized carbons (Fsp3) is 0.333. The van der Waals surface area contributed by atoms with Gasteiger partial charge in [-0.3, -0.25) is 0 Å². The highest BCUT2D eigenvalue weighted by Gasteiger charge is 2.27. The molecular weight excluding hydrogens is 349 g/mol. The summed E-state index contributed by atoms with van der Waals surface area (Å²) >= 11 is 0. The Morgan fingerprint density at radius 2 is 1.79 bits per heavy atom. The van der Waals surface area contributed by atoms with Crippen molar-refractivity contribution in [2.45, 2.75) is 46.6 Å². The van der Waals surface area contributed by atoms with Crippen molar-refractivity contribution in [3.05, 3.63) is 87.6 Å². The SMILES string of the molecule is Cc1ccc2c(c1)CCN(c1nc(Cc3ccc(F)cc3)nc(C)c1C)C2C. The lowest BCUT2D eigenvalue weighted by Gasteiger charge is -2.37. The van der Waals surface area contributed by atoms with Gasteiger partial charge in [-0.15, -0.1) is 0 Å². The lowest BCUT2D eigenvalue weighted by Crippen LogP contribution is -2.35. The van der Waals surface area contributed by atoms with Crippen LogP contribution >= 0.6 is 0 Å². The Morgan fingerprint density at radius 3 is 2.54 bits per heavy atom. The van der Waals surface area contributed by atoms with Gasteiger partial charge in [0.2, 0.25) is 0 Å². The van der Waals surface area contributed by atoms with Crippen LogP contribution in [0, 0.1) is 26.6 Å². The third-order valence-electron chi connectivity index (χ3n) is 5.80. The largest absolute Gasteiger partial charge is 0.349 e. The first-order valence-corrected chi connectivity index (χ1v) is 9.87. The van der Waals surface area contributed by atoms with E-state index in [2.05, 4.69) is 43.9 Å². The minimum Gasteiger partial charge on any atom is -0.349 e. The average molecular weight is 375 g/mol. The van der Waals surface area contributed by atoms with Gasteiger partial charge in [-0.05, 0) is 62.9 Å². The molecule has 3 nitrogen and oxygen atoms in total. The molecule has 2 heterocycles. The van der Waals surface area contributed by atoms with Crippen LogP contribution in [0.25, 0.3) is 0 Å². The van der Waals surface area contributed by atoms with Crippen LogP contribution in [0.5, 0.6) is 0 Å². The maximum atomic E-state index is 13.2. The fourth-order valence-corrected chi connectivity index (χ4v) is 4.06. The molecule has 28 heavy (non-hydrogen) atoms. The number of benzene rings is 2. The molecule has 1 atom stereocenters. The third-order valence-corrected chi connectivity index (χ3v) is 5.80. The zero-order chi connectivity index (χ0) is 19.8. The summed E-state index contributed by atoms with van der Waals surface area (Å²) in [6.45, 7) is 9.50. The molecule has 0 saturated carbocycles. The highest BCUT2D eigenvalue weighted by atomic mass is 19.1. The van der Waals surface area contributed by atoms with Gasteiger partial charge in [0.15, 0.2) is 0 Å². The van der Waals surface area contributed by atoms with Crippen molar-refractivity contribution in [3.8, 4) is 0 Å². The first-order valence-electron chi connectivity index (χ1n) is 9.87. The fourth-order valence-electron chi connectivity index (χ4n) is 4.06. The summed E-state index contributed by atoms with van der Waals surface area (Å²) in [6.07, 6.45) is 1.63. The van der Waals surface area contributed by atoms with Crippen LogP contribution in [0.2, 0.25) is 0 Å². The molecule has 3 aromatic rings. The van der Waals surface area contributed by atoms with E-state index in [9.17, 15) is 4.39 Å². The summed E-state index contributed by atoms with van der Waals surface area (Å²) in [6, 6.07) is 13.6. The quantitative estimate of drug-likeness (QED) is 0.626. The first-order chi connectivity index (χ1) is 13.4. The Balaban J connectivity index is 1.68. The molecule has 144 valence electrons. The lowest BCUT2D eigenvalue weighted by molar-refractivity contribution is 0.611. The van der Waals surface area contributed by atoms with Crippen LogP contribution in [0.1, 0.15) is 52.3 Å². The van der Waals surface area contributed by atoms with Crippen molar-refractivity contribution in [1.82, 2.24) is 9.97 Å². The molecule has 0 bridgehead atoms. The summed E-state index contributed by atoms with van der Waals surface area (Å²) in [7, 11) is 0. The zero-order valence-electron chi connectivity index (χ0n) is 17.0. The Hall–Kier alpha value is -2.75. The number of rotatable bonds is 3. The van der Waals surface area contributed by atoms with Crippen LogP contribution in [0.15, 0.2) is 42.5 Å². The van der Waals surface area contributed by atoms with E-state index in [0.29, 0.717) is 6.42 Å². The molecule has 0 fully saturated rings. The number of fused-ring (bicyclic) bond motifs is 1. The Bertz CT molecular complexity index is 1010. The lowest BCUT2D eigenvalue weighted by atomic mass is 9.92. The molecule has 0 saturated heterocycles. The number of anilines is 1. The van der Waals surface area contributed by atoms with Crippen molar-refractivity contribution in [3.63, 3.8) is 0 Å². The third kappa shape index (κ3) is 3.51. The molecule has 0 radical (unpaired) electrons. The van der Waals surface area contributed by atoms with E-state index in [1.54, 1.807) is 12.1 Å². The number of hydrogen-bond acceptors (Lipinski definition) is 3. The normalized spacial score (nSPS) is 16.2. The van der Waals surface area contributed by atoms with E-state index >= 15 is 0 Å². The molecule has 0 N–H and O–H groups in total. The van der Waals surface area contributed by atoms with Gasteiger partial charge in [0.25, 0.3) is 0 Å². The number of hydrogen-bond donors (Lipinski definition) is 0. The molecule has 0 aliphatic carbocycles. The Labute approximate surface area is 166 Å². The highest BCUT2D eigenvalue weighted by Crippen LogP contribution is 2.35. The number of aryl methyl sites for hydroxylation is 2. The molecule has 4 rings (SSSR count). The summed E-state index contributed by atoms with van der Waals surface area (Å²) in [5.41, 5.74) is 7.29. The van der Waals surface area contributed by atoms with Gasteiger partial charge >= 0.3 is 0 Å². The van der Waals surface area contributed by atoms with Crippen molar-refractivity contribution in [1.29, 1.82) is 0 Å². The maximum absolute atomic E-state index is 13.2. The van der Waals surface area contributed by atoms with Crippen LogP contribution < -0.4 is 4.90 Å². The van der Waals surface area contributed by atoms with Crippen LogP contribution in [0.4, 0.5) is 10.2 Å². The second-order valence-corrected chi connectivity index (χ2v) is 7.80. The summed E-state index contributed by atoms with van der Waals surface area (Å²) in [5.74, 6) is 1.58. The van der Waals surface area contributed by atoms with Gasteiger partial charge in [-0.2, -0.15) is 0 Å². The standard InChI is InChI=1S/C24H26FN3/c1-15-5-10-22-18(4)28(12-11-20(22)13-15)24-16(2)17(3)26-23(27-24)14-19-6-8-21(25)9-7-19/h5-10,13,18H,11-12,14H2,1-4H3. The second-order valence-electron chi connectivity index (χ2n) is 7.80. The van der Waals surface area contributed by atoms with Crippen molar-refractivity contribution in [2.75, 3.05) is 11.4 Å². The summed E-state index contributed by atoms with van der Waals surface area (Å²) in [5, 5.41) is 0. The molecule has 0 spiro atoms. The second kappa shape index (κ2) is 7.34. The van der Waals surface area contributed by atoms with Crippen LogP contribution in [-0.4, -0.2) is 16.5 Å². The predicted octanol–water partition coefficient (Wildman–Crippen LogP) is 5.26. The number of nitrogens with zero attached hydrogens (tertiary/aromatic N) is 3. The predicted molar refractivity (Wildman–Crippen MR) is 111 cm³/mol. The molecule has 0 amide bonds. The van der Waals surface area contributed by atoms with Crippen LogP contribution in [0.3, 0.4) is 0 Å². The van der Waals surface area contributed by atoms with E-state index in [-0.39, 0.29) is 11.9 Å². The van der Waals surface area contributed by atoms with Gasteiger partial charge in [-0.25, -0.2) is 14.4 Å². The average Bonchev–Trinajstić information content (AvgIpc) is 2.67. The minimum atomic E-state index is -0.221. The molecule has 2 aromatic carbocycles. The van der Waals surface area contributed by atoms with E-state index in [1.165, 1.54) is 28.8 Å².